The summed E-state index contributed by atoms with van der Waals surface area (Å²) in [6.45, 7) is 3.94. The van der Waals surface area contributed by atoms with Crippen LogP contribution in [0.1, 0.15) is 44.6 Å². The van der Waals surface area contributed by atoms with E-state index in [9.17, 15) is 14.4 Å². The summed E-state index contributed by atoms with van der Waals surface area (Å²) in [7, 11) is 0. The summed E-state index contributed by atoms with van der Waals surface area (Å²) < 4.78 is 0. The summed E-state index contributed by atoms with van der Waals surface area (Å²) >= 11 is 0. The largest absolute Gasteiger partial charge is 0.345 e. The van der Waals surface area contributed by atoms with Crippen LogP contribution >= 0.6 is 0 Å². The van der Waals surface area contributed by atoms with Crippen LogP contribution in [0.5, 0.6) is 0 Å². The maximum Gasteiger partial charge on any atom is 0.243 e. The maximum atomic E-state index is 12.2. The number of anilines is 1. The molecule has 0 saturated heterocycles. The minimum absolute atomic E-state index is 0.0311. The van der Waals surface area contributed by atoms with Gasteiger partial charge in [0.15, 0.2) is 0 Å². The first-order chi connectivity index (χ1) is 12.0. The molecular weight excluding hydrogens is 318 g/mol. The molecule has 2 rings (SSSR count). The van der Waals surface area contributed by atoms with Gasteiger partial charge in [-0.2, -0.15) is 0 Å². The molecule has 25 heavy (non-hydrogen) atoms. The third kappa shape index (κ3) is 6.57. The van der Waals surface area contributed by atoms with Crippen molar-refractivity contribution in [2.45, 2.75) is 52.0 Å². The average molecular weight is 345 g/mol. The molecule has 1 aliphatic rings. The third-order valence-corrected chi connectivity index (χ3v) is 4.15. The Morgan fingerprint density at radius 3 is 2.40 bits per heavy atom. The first-order valence-electron chi connectivity index (χ1n) is 8.92. The standard InChI is InChI=1S/C19H27N3O3/c1-3-4-5-19(25)22(16-10-11-16)13-18(24)20-12-17(23)21-15-8-6-14(2)7-9-15/h6-9,16H,3-5,10-13H2,1-2H3,(H,20,24)(H,21,23). The van der Waals surface area contributed by atoms with E-state index in [0.717, 1.165) is 31.2 Å². The molecule has 1 aromatic rings. The number of rotatable bonds is 9. The Balaban J connectivity index is 1.75. The quantitative estimate of drug-likeness (QED) is 0.720. The van der Waals surface area contributed by atoms with Crippen LogP contribution in [0.2, 0.25) is 0 Å². The SMILES string of the molecule is CCCCC(=O)N(CC(=O)NCC(=O)Nc1ccc(C)cc1)C1CC1. The van der Waals surface area contributed by atoms with Gasteiger partial charge in [-0.1, -0.05) is 31.0 Å². The fourth-order valence-electron chi connectivity index (χ4n) is 2.51. The smallest absolute Gasteiger partial charge is 0.243 e. The predicted molar refractivity (Wildman–Crippen MR) is 97.1 cm³/mol. The van der Waals surface area contributed by atoms with Crippen molar-refractivity contribution in [2.75, 3.05) is 18.4 Å². The van der Waals surface area contributed by atoms with Crippen LogP contribution in [0.4, 0.5) is 5.69 Å². The Bertz CT molecular complexity index is 609. The molecule has 1 aliphatic carbocycles. The summed E-state index contributed by atoms with van der Waals surface area (Å²) in [4.78, 5) is 37.8. The zero-order valence-electron chi connectivity index (χ0n) is 15.0. The molecule has 0 atom stereocenters. The van der Waals surface area contributed by atoms with Gasteiger partial charge < -0.3 is 15.5 Å². The highest BCUT2D eigenvalue weighted by Gasteiger charge is 2.33. The van der Waals surface area contributed by atoms with E-state index in [1.165, 1.54) is 0 Å². The Hall–Kier alpha value is -2.37. The Kier molecular flexibility index (Phi) is 6.98. The van der Waals surface area contributed by atoms with Crippen molar-refractivity contribution >= 4 is 23.4 Å². The average Bonchev–Trinajstić information content (AvgIpc) is 3.42. The highest BCUT2D eigenvalue weighted by atomic mass is 16.2. The van der Waals surface area contributed by atoms with Gasteiger partial charge in [-0.15, -0.1) is 0 Å². The second-order valence-corrected chi connectivity index (χ2v) is 6.55. The Labute approximate surface area is 149 Å². The lowest BCUT2D eigenvalue weighted by atomic mass is 10.2. The van der Waals surface area contributed by atoms with Crippen LogP contribution in [0.15, 0.2) is 24.3 Å². The first-order valence-corrected chi connectivity index (χ1v) is 8.92. The normalized spacial score (nSPS) is 13.2. The van der Waals surface area contributed by atoms with Crippen molar-refractivity contribution in [3.05, 3.63) is 29.8 Å². The minimum Gasteiger partial charge on any atom is -0.345 e. The predicted octanol–water partition coefficient (Wildman–Crippen LogP) is 2.23. The van der Waals surface area contributed by atoms with E-state index in [1.807, 2.05) is 38.1 Å². The van der Waals surface area contributed by atoms with Crippen molar-refractivity contribution in [1.82, 2.24) is 10.2 Å². The molecular formula is C19H27N3O3. The van der Waals surface area contributed by atoms with Gasteiger partial charge in [-0.3, -0.25) is 14.4 Å². The zero-order valence-corrected chi connectivity index (χ0v) is 15.0. The van der Waals surface area contributed by atoms with Crippen LogP contribution in [0.3, 0.4) is 0 Å². The highest BCUT2D eigenvalue weighted by Crippen LogP contribution is 2.27. The number of aryl methyl sites for hydroxylation is 1. The number of nitrogens with zero attached hydrogens (tertiary/aromatic N) is 1. The number of carbonyl (C=O) groups is 3. The molecule has 1 fully saturated rings. The molecule has 6 nitrogen and oxygen atoms in total. The lowest BCUT2D eigenvalue weighted by Crippen LogP contribution is -2.43. The van der Waals surface area contributed by atoms with Crippen LogP contribution in [-0.4, -0.2) is 41.8 Å². The molecule has 6 heteroatoms. The summed E-state index contributed by atoms with van der Waals surface area (Å²) in [5.74, 6) is -0.549. The molecule has 2 N–H and O–H groups in total. The topological polar surface area (TPSA) is 78.5 Å². The molecule has 3 amide bonds. The molecule has 0 heterocycles. The molecule has 1 saturated carbocycles. The van der Waals surface area contributed by atoms with Crippen LogP contribution in [0, 0.1) is 6.92 Å². The number of hydrogen-bond donors (Lipinski definition) is 2. The van der Waals surface area contributed by atoms with Gasteiger partial charge in [0.2, 0.25) is 17.7 Å². The number of carbonyl (C=O) groups excluding carboxylic acids is 3. The fourth-order valence-corrected chi connectivity index (χ4v) is 2.51. The molecule has 0 aliphatic heterocycles. The summed E-state index contributed by atoms with van der Waals surface area (Å²) in [6.07, 6.45) is 4.19. The second kappa shape index (κ2) is 9.20. The van der Waals surface area contributed by atoms with E-state index >= 15 is 0 Å². The summed E-state index contributed by atoms with van der Waals surface area (Å²) in [5, 5.41) is 5.32. The van der Waals surface area contributed by atoms with Crippen molar-refractivity contribution in [3.63, 3.8) is 0 Å². The van der Waals surface area contributed by atoms with E-state index < -0.39 is 0 Å². The molecule has 0 aromatic heterocycles. The van der Waals surface area contributed by atoms with E-state index in [2.05, 4.69) is 10.6 Å². The number of amides is 3. The van der Waals surface area contributed by atoms with Gasteiger partial charge in [-0.25, -0.2) is 0 Å². The highest BCUT2D eigenvalue weighted by molar-refractivity contribution is 5.95. The zero-order chi connectivity index (χ0) is 18.2. The van der Waals surface area contributed by atoms with Gasteiger partial charge in [0.1, 0.15) is 0 Å². The molecule has 1 aromatic carbocycles. The van der Waals surface area contributed by atoms with Crippen LogP contribution in [0.25, 0.3) is 0 Å². The monoisotopic (exact) mass is 345 g/mol. The lowest BCUT2D eigenvalue weighted by molar-refractivity contribution is -0.136. The van der Waals surface area contributed by atoms with Crippen molar-refractivity contribution in [2.24, 2.45) is 0 Å². The van der Waals surface area contributed by atoms with Gasteiger partial charge >= 0.3 is 0 Å². The summed E-state index contributed by atoms with van der Waals surface area (Å²) in [6, 6.07) is 7.64. The van der Waals surface area contributed by atoms with Crippen molar-refractivity contribution in [3.8, 4) is 0 Å². The van der Waals surface area contributed by atoms with Crippen LogP contribution < -0.4 is 10.6 Å². The number of hydrogen-bond acceptors (Lipinski definition) is 3. The van der Waals surface area contributed by atoms with Crippen molar-refractivity contribution < 1.29 is 14.4 Å². The Morgan fingerprint density at radius 2 is 1.80 bits per heavy atom. The first kappa shape index (κ1) is 19.0. The third-order valence-electron chi connectivity index (χ3n) is 4.15. The van der Waals surface area contributed by atoms with E-state index in [0.29, 0.717) is 12.1 Å². The second-order valence-electron chi connectivity index (χ2n) is 6.55. The number of unbranched alkanes of at least 4 members (excludes halogenated alkanes) is 1. The van der Waals surface area contributed by atoms with Gasteiger partial charge in [0, 0.05) is 18.2 Å². The van der Waals surface area contributed by atoms with Gasteiger partial charge in [0.05, 0.1) is 13.1 Å². The van der Waals surface area contributed by atoms with Gasteiger partial charge in [0.25, 0.3) is 0 Å². The van der Waals surface area contributed by atoms with Gasteiger partial charge in [-0.05, 0) is 38.3 Å². The number of benzene rings is 1. The van der Waals surface area contributed by atoms with Crippen molar-refractivity contribution in [1.29, 1.82) is 0 Å². The van der Waals surface area contributed by atoms with E-state index in [4.69, 9.17) is 0 Å². The Morgan fingerprint density at radius 1 is 1.12 bits per heavy atom. The van der Waals surface area contributed by atoms with E-state index in [-0.39, 0.29) is 36.9 Å². The maximum absolute atomic E-state index is 12.2. The summed E-state index contributed by atoms with van der Waals surface area (Å²) in [5.41, 5.74) is 1.80. The van der Waals surface area contributed by atoms with Crippen LogP contribution in [-0.2, 0) is 14.4 Å². The molecule has 0 radical (unpaired) electrons. The molecule has 0 unspecified atom stereocenters. The molecule has 0 bridgehead atoms. The van der Waals surface area contributed by atoms with E-state index in [1.54, 1.807) is 4.90 Å². The molecule has 136 valence electrons. The molecule has 0 spiro atoms. The fraction of sp³-hybridized carbons (Fsp3) is 0.526. The number of nitrogens with one attached hydrogen (secondary N) is 2. The lowest BCUT2D eigenvalue weighted by Gasteiger charge is -2.21. The minimum atomic E-state index is -0.296.